The second-order valence-corrected chi connectivity index (χ2v) is 7.69. The molecule has 0 amide bonds. The third kappa shape index (κ3) is 6.97. The van der Waals surface area contributed by atoms with Gasteiger partial charge in [0.25, 0.3) is 0 Å². The molecule has 0 spiro atoms. The number of ether oxygens (including phenoxy) is 1. The van der Waals surface area contributed by atoms with E-state index in [1.165, 1.54) is 16.0 Å². The summed E-state index contributed by atoms with van der Waals surface area (Å²) in [6, 6.07) is 13.1. The molecule has 0 atom stereocenters. The lowest BCUT2D eigenvalue weighted by atomic mass is 10.1. The first-order valence-electron chi connectivity index (χ1n) is 9.76. The molecule has 0 saturated carbocycles. The highest BCUT2D eigenvalue weighted by Gasteiger charge is 2.10. The highest BCUT2D eigenvalue weighted by molar-refractivity contribution is 7.09. The second-order valence-electron chi connectivity index (χ2n) is 6.66. The molecule has 1 aliphatic rings. The highest BCUT2D eigenvalue weighted by Crippen LogP contribution is 2.10. The van der Waals surface area contributed by atoms with E-state index in [9.17, 15) is 0 Å². The lowest BCUT2D eigenvalue weighted by Gasteiger charge is -2.26. The summed E-state index contributed by atoms with van der Waals surface area (Å²) in [4.78, 5) is 8.56. The molecule has 146 valence electrons. The maximum Gasteiger partial charge on any atom is 0.191 e. The van der Waals surface area contributed by atoms with E-state index >= 15 is 0 Å². The monoisotopic (exact) mass is 386 g/mol. The summed E-state index contributed by atoms with van der Waals surface area (Å²) in [5.74, 6) is 0.881. The molecular formula is C21H30N4OS. The van der Waals surface area contributed by atoms with Gasteiger partial charge in [0.1, 0.15) is 0 Å². The summed E-state index contributed by atoms with van der Waals surface area (Å²) in [6.45, 7) is 9.28. The normalized spacial score (nSPS) is 15.7. The number of rotatable bonds is 8. The van der Waals surface area contributed by atoms with Crippen molar-refractivity contribution in [2.24, 2.45) is 4.99 Å². The summed E-state index contributed by atoms with van der Waals surface area (Å²) in [7, 11) is 0. The molecule has 0 radical (unpaired) electrons. The van der Waals surface area contributed by atoms with Crippen LogP contribution in [0.5, 0.6) is 0 Å². The fourth-order valence-corrected chi connectivity index (χ4v) is 3.75. The van der Waals surface area contributed by atoms with Crippen LogP contribution in [0.4, 0.5) is 0 Å². The molecule has 1 fully saturated rings. The molecule has 1 aromatic carbocycles. The van der Waals surface area contributed by atoms with Crippen LogP contribution in [0, 0.1) is 0 Å². The second kappa shape index (κ2) is 11.1. The Morgan fingerprint density at radius 2 is 1.89 bits per heavy atom. The number of hydrogen-bond acceptors (Lipinski definition) is 4. The van der Waals surface area contributed by atoms with Crippen LogP contribution < -0.4 is 10.6 Å². The Bertz CT molecular complexity index is 679. The van der Waals surface area contributed by atoms with Crippen molar-refractivity contribution in [1.29, 1.82) is 0 Å². The fraction of sp³-hybridized carbons (Fsp3) is 0.476. The van der Waals surface area contributed by atoms with E-state index in [4.69, 9.17) is 9.73 Å². The molecule has 2 N–H and O–H groups in total. The number of benzene rings is 1. The van der Waals surface area contributed by atoms with Crippen molar-refractivity contribution in [3.8, 4) is 0 Å². The first-order valence-corrected chi connectivity index (χ1v) is 10.6. The fourth-order valence-electron chi connectivity index (χ4n) is 3.04. The Kier molecular flexibility index (Phi) is 8.14. The Hall–Kier alpha value is -1.89. The highest BCUT2D eigenvalue weighted by atomic mass is 32.1. The standard InChI is InChI=1S/C21H30N4OS/c1-2-22-21(23-10-9-20-4-3-15-27-20)24-16-18-5-7-19(8-6-18)17-25-11-13-26-14-12-25/h3-8,15H,2,9-14,16-17H2,1H3,(H2,22,23,24). The molecule has 3 rings (SSSR count). The van der Waals surface area contributed by atoms with E-state index in [0.29, 0.717) is 6.54 Å². The first-order chi connectivity index (χ1) is 13.3. The lowest BCUT2D eigenvalue weighted by molar-refractivity contribution is 0.0342. The summed E-state index contributed by atoms with van der Waals surface area (Å²) < 4.78 is 5.41. The van der Waals surface area contributed by atoms with E-state index in [1.807, 2.05) is 0 Å². The van der Waals surface area contributed by atoms with Crippen molar-refractivity contribution in [2.75, 3.05) is 39.4 Å². The average Bonchev–Trinajstić information content (AvgIpc) is 3.21. The van der Waals surface area contributed by atoms with Crippen molar-refractivity contribution in [2.45, 2.75) is 26.4 Å². The molecule has 1 aromatic heterocycles. The van der Waals surface area contributed by atoms with Crippen LogP contribution in [0.25, 0.3) is 0 Å². The largest absolute Gasteiger partial charge is 0.379 e. The number of aliphatic imine (C=N–C) groups is 1. The SMILES string of the molecule is CCNC(=NCc1ccc(CN2CCOCC2)cc1)NCCc1cccs1. The van der Waals surface area contributed by atoms with Crippen molar-refractivity contribution in [1.82, 2.24) is 15.5 Å². The van der Waals surface area contributed by atoms with Gasteiger partial charge in [-0.05, 0) is 35.9 Å². The van der Waals surface area contributed by atoms with Crippen molar-refractivity contribution < 1.29 is 4.74 Å². The average molecular weight is 387 g/mol. The summed E-state index contributed by atoms with van der Waals surface area (Å²) in [5.41, 5.74) is 2.58. The van der Waals surface area contributed by atoms with Gasteiger partial charge in [0.15, 0.2) is 5.96 Å². The maximum absolute atomic E-state index is 5.41. The van der Waals surface area contributed by atoms with Gasteiger partial charge in [-0.2, -0.15) is 0 Å². The number of hydrogen-bond donors (Lipinski definition) is 2. The van der Waals surface area contributed by atoms with E-state index in [0.717, 1.165) is 58.3 Å². The molecule has 5 nitrogen and oxygen atoms in total. The summed E-state index contributed by atoms with van der Waals surface area (Å²) in [5, 5.41) is 8.87. The minimum absolute atomic E-state index is 0.687. The number of nitrogens with one attached hydrogen (secondary N) is 2. The molecule has 1 aliphatic heterocycles. The molecule has 6 heteroatoms. The topological polar surface area (TPSA) is 48.9 Å². The maximum atomic E-state index is 5.41. The number of morpholine rings is 1. The first kappa shape index (κ1) is 19.9. The van der Waals surface area contributed by atoms with Crippen LogP contribution in [0.1, 0.15) is 22.9 Å². The van der Waals surface area contributed by atoms with Gasteiger partial charge in [0, 0.05) is 37.6 Å². The predicted octanol–water partition coefficient (Wildman–Crippen LogP) is 2.88. The van der Waals surface area contributed by atoms with Crippen LogP contribution in [0.15, 0.2) is 46.8 Å². The Morgan fingerprint density at radius 1 is 1.11 bits per heavy atom. The quantitative estimate of drug-likeness (QED) is 0.541. The van der Waals surface area contributed by atoms with E-state index in [1.54, 1.807) is 11.3 Å². The third-order valence-electron chi connectivity index (χ3n) is 4.54. The van der Waals surface area contributed by atoms with Gasteiger partial charge in [-0.25, -0.2) is 4.99 Å². The number of guanidine groups is 1. The molecule has 1 saturated heterocycles. The van der Waals surface area contributed by atoms with Crippen LogP contribution in [0.2, 0.25) is 0 Å². The van der Waals surface area contributed by atoms with Crippen LogP contribution >= 0.6 is 11.3 Å². The molecule has 2 aromatic rings. The van der Waals surface area contributed by atoms with E-state index in [-0.39, 0.29) is 0 Å². The van der Waals surface area contributed by atoms with E-state index in [2.05, 4.69) is 64.2 Å². The van der Waals surface area contributed by atoms with Gasteiger partial charge in [-0.15, -0.1) is 11.3 Å². The van der Waals surface area contributed by atoms with Crippen molar-refractivity contribution in [3.63, 3.8) is 0 Å². The number of thiophene rings is 1. The minimum Gasteiger partial charge on any atom is -0.379 e. The van der Waals surface area contributed by atoms with Crippen molar-refractivity contribution in [3.05, 3.63) is 57.8 Å². The summed E-state index contributed by atoms with van der Waals surface area (Å²) >= 11 is 1.80. The Morgan fingerprint density at radius 3 is 2.59 bits per heavy atom. The molecule has 2 heterocycles. The minimum atomic E-state index is 0.687. The molecular weight excluding hydrogens is 356 g/mol. The molecule has 0 unspecified atom stereocenters. The number of nitrogens with zero attached hydrogens (tertiary/aromatic N) is 2. The predicted molar refractivity (Wildman–Crippen MR) is 113 cm³/mol. The smallest absolute Gasteiger partial charge is 0.191 e. The Labute approximate surface area is 166 Å². The third-order valence-corrected chi connectivity index (χ3v) is 5.48. The zero-order chi connectivity index (χ0) is 18.7. The van der Waals surface area contributed by atoms with Crippen LogP contribution in [0.3, 0.4) is 0 Å². The summed E-state index contributed by atoms with van der Waals surface area (Å²) in [6.07, 6.45) is 1.03. The van der Waals surface area contributed by atoms with Gasteiger partial charge < -0.3 is 15.4 Å². The molecule has 0 bridgehead atoms. The van der Waals surface area contributed by atoms with Gasteiger partial charge in [-0.3, -0.25) is 4.90 Å². The molecule has 27 heavy (non-hydrogen) atoms. The van der Waals surface area contributed by atoms with Crippen LogP contribution in [-0.2, 0) is 24.2 Å². The zero-order valence-corrected chi connectivity index (χ0v) is 16.9. The van der Waals surface area contributed by atoms with Gasteiger partial charge in [0.05, 0.1) is 19.8 Å². The molecule has 0 aliphatic carbocycles. The van der Waals surface area contributed by atoms with Crippen LogP contribution in [-0.4, -0.2) is 50.3 Å². The zero-order valence-electron chi connectivity index (χ0n) is 16.1. The van der Waals surface area contributed by atoms with Gasteiger partial charge >= 0.3 is 0 Å². The lowest BCUT2D eigenvalue weighted by Crippen LogP contribution is -2.38. The van der Waals surface area contributed by atoms with Gasteiger partial charge in [-0.1, -0.05) is 30.3 Å². The van der Waals surface area contributed by atoms with E-state index < -0.39 is 0 Å². The van der Waals surface area contributed by atoms with Gasteiger partial charge in [0.2, 0.25) is 0 Å². The Balaban J connectivity index is 1.47. The van der Waals surface area contributed by atoms with Crippen molar-refractivity contribution >= 4 is 17.3 Å².